The summed E-state index contributed by atoms with van der Waals surface area (Å²) in [6, 6.07) is 6.13. The second-order valence-corrected chi connectivity index (χ2v) is 7.30. The average molecular weight is 310 g/mol. The van der Waals surface area contributed by atoms with Gasteiger partial charge in [0.05, 0.1) is 16.8 Å². The van der Waals surface area contributed by atoms with E-state index < -0.39 is 10.0 Å². The fourth-order valence-electron chi connectivity index (χ4n) is 2.01. The van der Waals surface area contributed by atoms with Crippen LogP contribution in [0.4, 0.5) is 0 Å². The molecule has 116 valence electrons. The molecule has 0 bridgehead atoms. The molecule has 0 saturated heterocycles. The predicted octanol–water partition coefficient (Wildman–Crippen LogP) is 1.29. The van der Waals surface area contributed by atoms with Crippen LogP contribution in [0.5, 0.6) is 0 Å². The van der Waals surface area contributed by atoms with Gasteiger partial charge in [-0.2, -0.15) is 0 Å². The predicted molar refractivity (Wildman–Crippen MR) is 84.6 cm³/mol. The zero-order chi connectivity index (χ0) is 15.5. The maximum absolute atomic E-state index is 11.4. The number of benzene rings is 1. The molecule has 1 aromatic carbocycles. The van der Waals surface area contributed by atoms with Crippen LogP contribution in [0, 0.1) is 6.92 Å². The van der Waals surface area contributed by atoms with Crippen LogP contribution < -0.4 is 10.0 Å². The van der Waals surface area contributed by atoms with Gasteiger partial charge < -0.3 is 10.3 Å². The molecule has 1 atom stereocenters. The lowest BCUT2D eigenvalue weighted by Crippen LogP contribution is -2.39. The van der Waals surface area contributed by atoms with E-state index in [1.807, 2.05) is 26.0 Å². The van der Waals surface area contributed by atoms with Gasteiger partial charge in [-0.3, -0.25) is 0 Å². The minimum Gasteiger partial charge on any atom is -0.342 e. The zero-order valence-electron chi connectivity index (χ0n) is 12.6. The highest BCUT2D eigenvalue weighted by Gasteiger charge is 2.09. The van der Waals surface area contributed by atoms with Gasteiger partial charge in [0.1, 0.15) is 5.82 Å². The van der Waals surface area contributed by atoms with Crippen molar-refractivity contribution in [2.75, 3.05) is 12.3 Å². The van der Waals surface area contributed by atoms with Gasteiger partial charge in [-0.15, -0.1) is 0 Å². The van der Waals surface area contributed by atoms with Crippen molar-refractivity contribution in [1.82, 2.24) is 20.0 Å². The molecule has 0 saturated carbocycles. The van der Waals surface area contributed by atoms with Crippen molar-refractivity contribution in [3.63, 3.8) is 0 Å². The molecule has 0 fully saturated rings. The van der Waals surface area contributed by atoms with Crippen molar-refractivity contribution < 1.29 is 8.42 Å². The molecule has 1 aromatic heterocycles. The Kier molecular flexibility index (Phi) is 4.97. The summed E-state index contributed by atoms with van der Waals surface area (Å²) in [4.78, 5) is 7.57. The zero-order valence-corrected chi connectivity index (χ0v) is 13.4. The van der Waals surface area contributed by atoms with Crippen LogP contribution in [-0.2, 0) is 16.6 Å². The summed E-state index contributed by atoms with van der Waals surface area (Å²) in [5, 5.41) is 3.31. The third kappa shape index (κ3) is 4.52. The van der Waals surface area contributed by atoms with Crippen LogP contribution in [-0.4, -0.2) is 36.7 Å². The Morgan fingerprint density at radius 2 is 2.14 bits per heavy atom. The lowest BCUT2D eigenvalue weighted by atomic mass is 10.2. The molecular weight excluding hydrogens is 288 g/mol. The second-order valence-electron chi connectivity index (χ2n) is 5.21. The van der Waals surface area contributed by atoms with Crippen molar-refractivity contribution in [3.8, 4) is 0 Å². The first-order chi connectivity index (χ1) is 9.89. The quantitative estimate of drug-likeness (QED) is 0.719. The maximum Gasteiger partial charge on any atom is 0.211 e. The summed E-state index contributed by atoms with van der Waals surface area (Å²) in [6.45, 7) is 6.59. The van der Waals surface area contributed by atoms with E-state index in [0.717, 1.165) is 22.4 Å². The monoisotopic (exact) mass is 310 g/mol. The SMILES string of the molecule is CCS(=O)(=O)NC[C@@H](C)NCc1ccc2nc(C)[nH]c2c1. The largest absolute Gasteiger partial charge is 0.342 e. The molecular formula is C14H22N4O2S. The Bertz CT molecular complexity index is 709. The van der Waals surface area contributed by atoms with Gasteiger partial charge in [0.15, 0.2) is 0 Å². The van der Waals surface area contributed by atoms with Crippen LogP contribution in [0.2, 0.25) is 0 Å². The Balaban J connectivity index is 1.89. The Morgan fingerprint density at radius 1 is 1.38 bits per heavy atom. The van der Waals surface area contributed by atoms with Crippen LogP contribution in [0.15, 0.2) is 18.2 Å². The molecule has 0 spiro atoms. The molecule has 1 heterocycles. The van der Waals surface area contributed by atoms with Crippen molar-refractivity contribution in [2.45, 2.75) is 33.4 Å². The third-order valence-electron chi connectivity index (χ3n) is 3.31. The van der Waals surface area contributed by atoms with E-state index in [2.05, 4.69) is 26.1 Å². The van der Waals surface area contributed by atoms with Crippen LogP contribution >= 0.6 is 0 Å². The first kappa shape index (κ1) is 15.9. The van der Waals surface area contributed by atoms with Gasteiger partial charge in [-0.25, -0.2) is 18.1 Å². The lowest BCUT2D eigenvalue weighted by Gasteiger charge is -2.14. The molecule has 0 aliphatic heterocycles. The van der Waals surface area contributed by atoms with E-state index in [1.54, 1.807) is 6.92 Å². The van der Waals surface area contributed by atoms with Gasteiger partial charge in [0.25, 0.3) is 0 Å². The molecule has 2 aromatic rings. The third-order valence-corrected chi connectivity index (χ3v) is 4.68. The van der Waals surface area contributed by atoms with Crippen molar-refractivity contribution in [2.24, 2.45) is 0 Å². The number of aromatic amines is 1. The van der Waals surface area contributed by atoms with Gasteiger partial charge in [-0.1, -0.05) is 6.07 Å². The van der Waals surface area contributed by atoms with Crippen LogP contribution in [0.1, 0.15) is 25.2 Å². The number of hydrogen-bond donors (Lipinski definition) is 3. The smallest absolute Gasteiger partial charge is 0.211 e. The summed E-state index contributed by atoms with van der Waals surface area (Å²) < 4.78 is 25.3. The van der Waals surface area contributed by atoms with Gasteiger partial charge >= 0.3 is 0 Å². The Labute approximate surface area is 125 Å². The fraction of sp³-hybridized carbons (Fsp3) is 0.500. The number of rotatable bonds is 7. The summed E-state index contributed by atoms with van der Waals surface area (Å²) >= 11 is 0. The topological polar surface area (TPSA) is 86.9 Å². The first-order valence-electron chi connectivity index (χ1n) is 7.05. The van der Waals surface area contributed by atoms with E-state index in [0.29, 0.717) is 13.1 Å². The number of nitrogens with one attached hydrogen (secondary N) is 3. The summed E-state index contributed by atoms with van der Waals surface area (Å²) in [5.74, 6) is 1.01. The number of fused-ring (bicyclic) bond motifs is 1. The van der Waals surface area contributed by atoms with E-state index in [1.165, 1.54) is 0 Å². The number of imidazole rings is 1. The molecule has 7 heteroatoms. The molecule has 0 aliphatic carbocycles. The Hall–Kier alpha value is -1.44. The highest BCUT2D eigenvalue weighted by atomic mass is 32.2. The van der Waals surface area contributed by atoms with Crippen LogP contribution in [0.25, 0.3) is 11.0 Å². The van der Waals surface area contributed by atoms with Gasteiger partial charge in [0, 0.05) is 19.1 Å². The van der Waals surface area contributed by atoms with Crippen molar-refractivity contribution in [3.05, 3.63) is 29.6 Å². The number of aromatic nitrogens is 2. The van der Waals surface area contributed by atoms with Gasteiger partial charge in [0.2, 0.25) is 10.0 Å². The first-order valence-corrected chi connectivity index (χ1v) is 8.71. The molecule has 0 radical (unpaired) electrons. The summed E-state index contributed by atoms with van der Waals surface area (Å²) in [7, 11) is -3.13. The lowest BCUT2D eigenvalue weighted by molar-refractivity contribution is 0.525. The number of hydrogen-bond acceptors (Lipinski definition) is 4. The van der Waals surface area contributed by atoms with E-state index >= 15 is 0 Å². The average Bonchev–Trinajstić information content (AvgIpc) is 2.82. The number of aryl methyl sites for hydroxylation is 1. The molecule has 6 nitrogen and oxygen atoms in total. The standard InChI is InChI=1S/C14H22N4O2S/c1-4-21(19,20)16-8-10(2)15-9-12-5-6-13-14(7-12)18-11(3)17-13/h5-7,10,15-16H,4,8-9H2,1-3H3,(H,17,18)/t10-/m1/s1. The van der Waals surface area contributed by atoms with Crippen molar-refractivity contribution >= 4 is 21.1 Å². The minimum atomic E-state index is -3.13. The molecule has 0 aliphatic rings. The minimum absolute atomic E-state index is 0.0607. The Morgan fingerprint density at radius 3 is 2.86 bits per heavy atom. The highest BCUT2D eigenvalue weighted by molar-refractivity contribution is 7.89. The molecule has 2 rings (SSSR count). The van der Waals surface area contributed by atoms with Crippen LogP contribution in [0.3, 0.4) is 0 Å². The molecule has 0 unspecified atom stereocenters. The van der Waals surface area contributed by atoms with E-state index in [-0.39, 0.29) is 11.8 Å². The number of H-pyrrole nitrogens is 1. The van der Waals surface area contributed by atoms with E-state index in [9.17, 15) is 8.42 Å². The summed E-state index contributed by atoms with van der Waals surface area (Å²) in [5.41, 5.74) is 3.11. The number of nitrogens with zero attached hydrogens (tertiary/aromatic N) is 1. The van der Waals surface area contributed by atoms with Gasteiger partial charge in [-0.05, 0) is 38.5 Å². The number of sulfonamides is 1. The molecule has 21 heavy (non-hydrogen) atoms. The summed E-state index contributed by atoms with van der Waals surface area (Å²) in [6.07, 6.45) is 0. The van der Waals surface area contributed by atoms with E-state index in [4.69, 9.17) is 0 Å². The maximum atomic E-state index is 11.4. The van der Waals surface area contributed by atoms with Crippen molar-refractivity contribution in [1.29, 1.82) is 0 Å². The normalized spacial score (nSPS) is 13.7. The molecule has 0 amide bonds. The fourth-order valence-corrected chi connectivity index (χ4v) is 2.72. The second kappa shape index (κ2) is 6.55. The highest BCUT2D eigenvalue weighted by Crippen LogP contribution is 2.13. The molecule has 3 N–H and O–H groups in total.